The summed E-state index contributed by atoms with van der Waals surface area (Å²) in [7, 11) is 5.92. The normalized spacial score (nSPS) is 10.9. The average Bonchev–Trinajstić information content (AvgIpc) is 1.59. The molecule has 0 saturated carbocycles. The zero-order valence-corrected chi connectivity index (χ0v) is 8.88. The second kappa shape index (κ2) is 5.32. The first-order valence-corrected chi connectivity index (χ1v) is 3.08. The van der Waals surface area contributed by atoms with Gasteiger partial charge in [0.15, 0.2) is 0 Å². The maximum absolute atomic E-state index is 10.2. The van der Waals surface area contributed by atoms with Crippen LogP contribution in [0.5, 0.6) is 0 Å². The minimum Gasteiger partial charge on any atom is -1.00 e. The van der Waals surface area contributed by atoms with Crippen molar-refractivity contribution in [1.82, 2.24) is 0 Å². The Bertz CT molecular complexity index is 149. The maximum atomic E-state index is 10.2. The lowest BCUT2D eigenvalue weighted by atomic mass is 10.7. The van der Waals surface area contributed by atoms with Crippen molar-refractivity contribution in [3.05, 3.63) is 12.5 Å². The highest BCUT2D eigenvalue weighted by Crippen LogP contribution is 1.91. The summed E-state index contributed by atoms with van der Waals surface area (Å²) in [6, 6.07) is 0. The number of esters is 1. The SMILES string of the molecule is CC(=O)O/C=C/[N+](C)(C)C.[Br-]. The number of hydrogen-bond donors (Lipinski definition) is 0. The van der Waals surface area contributed by atoms with Gasteiger partial charge in [-0.25, -0.2) is 0 Å². The Balaban J connectivity index is 0. The van der Waals surface area contributed by atoms with Crippen LogP contribution in [-0.4, -0.2) is 31.6 Å². The third-order valence-corrected chi connectivity index (χ3v) is 0.742. The molecule has 0 unspecified atom stereocenters. The molecule has 0 amide bonds. The van der Waals surface area contributed by atoms with Gasteiger partial charge in [0.25, 0.3) is 0 Å². The van der Waals surface area contributed by atoms with Gasteiger partial charge >= 0.3 is 5.97 Å². The summed E-state index contributed by atoms with van der Waals surface area (Å²) in [6.07, 6.45) is 3.18. The summed E-state index contributed by atoms with van der Waals surface area (Å²) in [4.78, 5) is 10.2. The van der Waals surface area contributed by atoms with Gasteiger partial charge in [0.2, 0.25) is 0 Å². The van der Waals surface area contributed by atoms with E-state index in [2.05, 4.69) is 4.74 Å². The van der Waals surface area contributed by atoms with Crippen LogP contribution in [0.3, 0.4) is 0 Å². The van der Waals surface area contributed by atoms with E-state index >= 15 is 0 Å². The summed E-state index contributed by atoms with van der Waals surface area (Å²) in [5, 5.41) is 0. The number of hydrogen-bond acceptors (Lipinski definition) is 2. The van der Waals surface area contributed by atoms with Crippen molar-refractivity contribution in [3.63, 3.8) is 0 Å². The Morgan fingerprint density at radius 3 is 2.09 bits per heavy atom. The Hall–Kier alpha value is -0.350. The monoisotopic (exact) mass is 223 g/mol. The Labute approximate surface area is 78.0 Å². The first-order chi connectivity index (χ1) is 4.42. The number of halogens is 1. The molecule has 0 aromatic rings. The summed E-state index contributed by atoms with van der Waals surface area (Å²) in [5.41, 5.74) is 0. The molecule has 3 nitrogen and oxygen atoms in total. The summed E-state index contributed by atoms with van der Waals surface area (Å²) in [5.74, 6) is -0.287. The van der Waals surface area contributed by atoms with E-state index in [-0.39, 0.29) is 23.0 Å². The molecular weight excluding hydrogens is 210 g/mol. The second-order valence-electron chi connectivity index (χ2n) is 3.01. The molecule has 0 saturated heterocycles. The minimum atomic E-state index is -0.287. The zero-order valence-electron chi connectivity index (χ0n) is 7.30. The quantitative estimate of drug-likeness (QED) is 0.300. The molecular formula is C7H14BrNO2. The number of quaternary nitrogens is 1. The largest absolute Gasteiger partial charge is 1.00 e. The van der Waals surface area contributed by atoms with Gasteiger partial charge in [0, 0.05) is 6.92 Å². The molecule has 0 aromatic carbocycles. The number of ether oxygens (including phenoxy) is 1. The number of rotatable bonds is 2. The van der Waals surface area contributed by atoms with Crippen LogP contribution in [0.15, 0.2) is 12.5 Å². The van der Waals surface area contributed by atoms with Gasteiger partial charge in [-0.15, -0.1) is 0 Å². The van der Waals surface area contributed by atoms with Crippen molar-refractivity contribution in [1.29, 1.82) is 0 Å². The van der Waals surface area contributed by atoms with Crippen molar-refractivity contribution >= 4 is 5.97 Å². The van der Waals surface area contributed by atoms with Crippen molar-refractivity contribution in [2.45, 2.75) is 6.92 Å². The van der Waals surface area contributed by atoms with E-state index < -0.39 is 0 Å². The smallest absolute Gasteiger partial charge is 0.307 e. The first kappa shape index (κ1) is 13.3. The van der Waals surface area contributed by atoms with Gasteiger partial charge in [0.05, 0.1) is 21.1 Å². The highest BCUT2D eigenvalue weighted by molar-refractivity contribution is 5.66. The van der Waals surface area contributed by atoms with Crippen LogP contribution in [0.4, 0.5) is 0 Å². The van der Waals surface area contributed by atoms with E-state index in [1.807, 2.05) is 21.1 Å². The number of carbonyl (C=O) groups excluding carboxylic acids is 1. The molecule has 4 heteroatoms. The van der Waals surface area contributed by atoms with Crippen molar-refractivity contribution < 1.29 is 31.0 Å². The lowest BCUT2D eigenvalue weighted by Crippen LogP contribution is -3.00. The first-order valence-electron chi connectivity index (χ1n) is 3.08. The third-order valence-electron chi connectivity index (χ3n) is 0.742. The Morgan fingerprint density at radius 1 is 1.36 bits per heavy atom. The minimum absolute atomic E-state index is 0. The van der Waals surface area contributed by atoms with Crippen molar-refractivity contribution in [2.75, 3.05) is 21.1 Å². The molecule has 0 radical (unpaired) electrons. The lowest BCUT2D eigenvalue weighted by Gasteiger charge is -2.16. The molecule has 0 aliphatic rings. The van der Waals surface area contributed by atoms with Crippen LogP contribution in [0.2, 0.25) is 0 Å². The molecule has 0 aliphatic carbocycles. The predicted molar refractivity (Wildman–Crippen MR) is 38.9 cm³/mol. The fraction of sp³-hybridized carbons (Fsp3) is 0.571. The molecule has 0 spiro atoms. The predicted octanol–water partition coefficient (Wildman–Crippen LogP) is -2.27. The topological polar surface area (TPSA) is 26.3 Å². The molecule has 66 valence electrons. The second-order valence-corrected chi connectivity index (χ2v) is 3.01. The molecule has 0 fully saturated rings. The maximum Gasteiger partial charge on any atom is 0.307 e. The van der Waals surface area contributed by atoms with Gasteiger partial charge < -0.3 is 26.2 Å². The van der Waals surface area contributed by atoms with E-state index in [4.69, 9.17) is 0 Å². The fourth-order valence-electron chi connectivity index (χ4n) is 0.309. The summed E-state index contributed by atoms with van der Waals surface area (Å²) in [6.45, 7) is 1.38. The Kier molecular flexibility index (Phi) is 6.41. The molecule has 0 bridgehead atoms. The van der Waals surface area contributed by atoms with Crippen LogP contribution in [0, 0.1) is 0 Å². The van der Waals surface area contributed by atoms with Crippen molar-refractivity contribution in [2.24, 2.45) is 0 Å². The van der Waals surface area contributed by atoms with Gasteiger partial charge in [-0.2, -0.15) is 0 Å². The van der Waals surface area contributed by atoms with Gasteiger partial charge in [-0.1, -0.05) is 0 Å². The highest BCUT2D eigenvalue weighted by atomic mass is 79.9. The fourth-order valence-corrected chi connectivity index (χ4v) is 0.309. The molecule has 0 atom stereocenters. The van der Waals surface area contributed by atoms with E-state index in [0.717, 1.165) is 0 Å². The van der Waals surface area contributed by atoms with E-state index in [1.165, 1.54) is 13.2 Å². The van der Waals surface area contributed by atoms with Crippen LogP contribution in [-0.2, 0) is 9.53 Å². The Morgan fingerprint density at radius 2 is 1.82 bits per heavy atom. The van der Waals surface area contributed by atoms with E-state index in [0.29, 0.717) is 4.48 Å². The molecule has 0 aliphatic heterocycles. The third kappa shape index (κ3) is 12.8. The van der Waals surface area contributed by atoms with Crippen molar-refractivity contribution in [3.8, 4) is 0 Å². The highest BCUT2D eigenvalue weighted by Gasteiger charge is 1.99. The lowest BCUT2D eigenvalue weighted by molar-refractivity contribution is -0.817. The van der Waals surface area contributed by atoms with Crippen LogP contribution < -0.4 is 17.0 Å². The number of carbonyl (C=O) groups is 1. The molecule has 0 heterocycles. The van der Waals surface area contributed by atoms with Crippen LogP contribution in [0.1, 0.15) is 6.92 Å². The molecule has 0 N–H and O–H groups in total. The molecule has 0 aromatic heterocycles. The average molecular weight is 224 g/mol. The standard InChI is InChI=1S/C7H14NO2.BrH/c1-7(9)10-6-5-8(2,3)4;/h5-6H,1-4H3;1H/q+1;/p-1/b6-5+;. The zero-order chi connectivity index (χ0) is 8.20. The van der Waals surface area contributed by atoms with Crippen LogP contribution in [0.25, 0.3) is 0 Å². The van der Waals surface area contributed by atoms with E-state index in [9.17, 15) is 4.79 Å². The molecule has 0 rings (SSSR count). The van der Waals surface area contributed by atoms with Gasteiger partial charge in [-0.3, -0.25) is 4.79 Å². The van der Waals surface area contributed by atoms with Gasteiger partial charge in [0.1, 0.15) is 12.5 Å². The van der Waals surface area contributed by atoms with Gasteiger partial charge in [-0.05, 0) is 0 Å². The summed E-state index contributed by atoms with van der Waals surface area (Å²) >= 11 is 0. The summed E-state index contributed by atoms with van der Waals surface area (Å²) < 4.78 is 5.23. The molecule has 11 heavy (non-hydrogen) atoms. The number of nitrogens with zero attached hydrogens (tertiary/aromatic N) is 1. The van der Waals surface area contributed by atoms with E-state index in [1.54, 1.807) is 6.20 Å². The van der Waals surface area contributed by atoms with Crippen LogP contribution >= 0.6 is 0 Å².